The Morgan fingerprint density at radius 3 is 2.79 bits per heavy atom. The van der Waals surface area contributed by atoms with Gasteiger partial charge in [0, 0.05) is 13.1 Å². The zero-order valence-electron chi connectivity index (χ0n) is 8.83. The molecule has 0 spiro atoms. The number of rotatable bonds is 8. The molecule has 0 aromatic heterocycles. The van der Waals surface area contributed by atoms with E-state index >= 15 is 0 Å². The predicted molar refractivity (Wildman–Crippen MR) is 57.0 cm³/mol. The summed E-state index contributed by atoms with van der Waals surface area (Å²) in [5, 5.41) is 11.5. The van der Waals surface area contributed by atoms with Crippen LogP contribution in [0.2, 0.25) is 0 Å². The molecule has 0 aliphatic rings. The number of nitrogens with zero attached hydrogens (tertiary/aromatic N) is 1. The van der Waals surface area contributed by atoms with Crippen molar-refractivity contribution in [1.82, 2.24) is 10.2 Å². The summed E-state index contributed by atoms with van der Waals surface area (Å²) in [6, 6.07) is 0. The van der Waals surface area contributed by atoms with Gasteiger partial charge in [0.05, 0.1) is 13.2 Å². The summed E-state index contributed by atoms with van der Waals surface area (Å²) in [5.41, 5.74) is 0. The molecule has 0 fully saturated rings. The van der Waals surface area contributed by atoms with Gasteiger partial charge in [0.15, 0.2) is 0 Å². The van der Waals surface area contributed by atoms with Gasteiger partial charge in [0.1, 0.15) is 0 Å². The van der Waals surface area contributed by atoms with Crippen molar-refractivity contribution in [3.8, 4) is 0 Å². The molecular weight excluding hydrogens is 180 g/mol. The summed E-state index contributed by atoms with van der Waals surface area (Å²) in [5.74, 6) is -0.0215. The third-order valence-corrected chi connectivity index (χ3v) is 1.77. The highest BCUT2D eigenvalue weighted by molar-refractivity contribution is 5.78. The third kappa shape index (κ3) is 6.62. The number of aliphatic hydroxyl groups is 1. The maximum Gasteiger partial charge on any atom is 0.234 e. The van der Waals surface area contributed by atoms with Crippen molar-refractivity contribution in [2.45, 2.75) is 13.3 Å². The summed E-state index contributed by atoms with van der Waals surface area (Å²) in [7, 11) is 0. The van der Waals surface area contributed by atoms with Crippen LogP contribution in [0.25, 0.3) is 0 Å². The number of aliphatic hydroxyl groups excluding tert-OH is 1. The molecule has 0 heterocycles. The van der Waals surface area contributed by atoms with Gasteiger partial charge >= 0.3 is 0 Å². The van der Waals surface area contributed by atoms with Gasteiger partial charge in [0.25, 0.3) is 0 Å². The molecule has 0 atom stereocenters. The first-order valence-electron chi connectivity index (χ1n) is 4.95. The van der Waals surface area contributed by atoms with Crippen LogP contribution in [0.4, 0.5) is 0 Å². The standard InChI is InChI=1S/C10H20N2O2/c1-3-5-11-10(14)9-12(6-4-2)7-8-13/h3,13H,1,4-9H2,2H3,(H,11,14). The molecule has 0 unspecified atom stereocenters. The molecule has 4 heteroatoms. The van der Waals surface area contributed by atoms with E-state index in [4.69, 9.17) is 5.11 Å². The topological polar surface area (TPSA) is 52.6 Å². The smallest absolute Gasteiger partial charge is 0.234 e. The van der Waals surface area contributed by atoms with Crippen LogP contribution in [-0.2, 0) is 4.79 Å². The molecule has 0 aliphatic heterocycles. The zero-order chi connectivity index (χ0) is 10.8. The second kappa shape index (κ2) is 8.72. The molecule has 0 saturated heterocycles. The molecule has 14 heavy (non-hydrogen) atoms. The Bertz CT molecular complexity index is 166. The lowest BCUT2D eigenvalue weighted by molar-refractivity contribution is -0.122. The Morgan fingerprint density at radius 2 is 2.29 bits per heavy atom. The second-order valence-corrected chi connectivity index (χ2v) is 3.09. The molecule has 1 amide bonds. The lowest BCUT2D eigenvalue weighted by Crippen LogP contribution is -2.39. The van der Waals surface area contributed by atoms with Gasteiger partial charge < -0.3 is 10.4 Å². The third-order valence-electron chi connectivity index (χ3n) is 1.77. The number of carbonyl (C=O) groups excluding carboxylic acids is 1. The molecule has 82 valence electrons. The fourth-order valence-corrected chi connectivity index (χ4v) is 1.17. The Labute approximate surface area is 85.6 Å². The quantitative estimate of drug-likeness (QED) is 0.542. The first kappa shape index (κ1) is 13.1. The maximum atomic E-state index is 11.3. The fourth-order valence-electron chi connectivity index (χ4n) is 1.17. The molecule has 0 rings (SSSR count). The second-order valence-electron chi connectivity index (χ2n) is 3.09. The summed E-state index contributed by atoms with van der Waals surface area (Å²) in [6.45, 7) is 7.89. The average Bonchev–Trinajstić information content (AvgIpc) is 2.15. The van der Waals surface area contributed by atoms with Gasteiger partial charge in [-0.3, -0.25) is 9.69 Å². The van der Waals surface area contributed by atoms with Crippen LogP contribution in [0.15, 0.2) is 12.7 Å². The first-order valence-corrected chi connectivity index (χ1v) is 4.95. The van der Waals surface area contributed by atoms with E-state index in [9.17, 15) is 4.79 Å². The predicted octanol–water partition coefficient (Wildman–Crippen LogP) is -0.00710. The lowest BCUT2D eigenvalue weighted by Gasteiger charge is -2.19. The van der Waals surface area contributed by atoms with Gasteiger partial charge in [0.2, 0.25) is 5.91 Å². The minimum atomic E-state index is -0.0215. The van der Waals surface area contributed by atoms with E-state index in [0.717, 1.165) is 13.0 Å². The minimum Gasteiger partial charge on any atom is -0.395 e. The van der Waals surface area contributed by atoms with Gasteiger partial charge in [-0.05, 0) is 13.0 Å². The number of nitrogens with one attached hydrogen (secondary N) is 1. The van der Waals surface area contributed by atoms with Crippen molar-refractivity contribution < 1.29 is 9.90 Å². The van der Waals surface area contributed by atoms with Gasteiger partial charge in [-0.1, -0.05) is 13.0 Å². The summed E-state index contributed by atoms with van der Waals surface area (Å²) >= 11 is 0. The van der Waals surface area contributed by atoms with Crippen molar-refractivity contribution in [2.24, 2.45) is 0 Å². The fraction of sp³-hybridized carbons (Fsp3) is 0.700. The van der Waals surface area contributed by atoms with Crippen molar-refractivity contribution in [3.63, 3.8) is 0 Å². The van der Waals surface area contributed by atoms with E-state index in [-0.39, 0.29) is 12.5 Å². The van der Waals surface area contributed by atoms with E-state index in [1.807, 2.05) is 11.8 Å². The molecule has 0 radical (unpaired) electrons. The van der Waals surface area contributed by atoms with Crippen molar-refractivity contribution in [1.29, 1.82) is 0 Å². The first-order chi connectivity index (χ1) is 6.74. The SMILES string of the molecule is C=CCNC(=O)CN(CCC)CCO. The van der Waals surface area contributed by atoms with Gasteiger partial charge in [-0.2, -0.15) is 0 Å². The summed E-state index contributed by atoms with van der Waals surface area (Å²) in [6.07, 6.45) is 2.63. The highest BCUT2D eigenvalue weighted by Crippen LogP contribution is 1.90. The van der Waals surface area contributed by atoms with Crippen LogP contribution in [0.3, 0.4) is 0 Å². The van der Waals surface area contributed by atoms with Gasteiger partial charge in [-0.25, -0.2) is 0 Å². The van der Waals surface area contributed by atoms with E-state index in [1.54, 1.807) is 6.08 Å². The monoisotopic (exact) mass is 200 g/mol. The zero-order valence-corrected chi connectivity index (χ0v) is 8.83. The minimum absolute atomic E-state index is 0.0215. The molecule has 0 saturated carbocycles. The van der Waals surface area contributed by atoms with Crippen molar-refractivity contribution in [2.75, 3.05) is 32.8 Å². The lowest BCUT2D eigenvalue weighted by atomic mass is 10.4. The molecule has 0 aromatic rings. The van der Waals surface area contributed by atoms with Crippen LogP contribution >= 0.6 is 0 Å². The Hall–Kier alpha value is -0.870. The van der Waals surface area contributed by atoms with Crippen molar-refractivity contribution >= 4 is 5.91 Å². The molecule has 0 aromatic carbocycles. The molecular formula is C10H20N2O2. The number of carbonyl (C=O) groups is 1. The molecule has 0 bridgehead atoms. The number of hydrogen-bond donors (Lipinski definition) is 2. The van der Waals surface area contributed by atoms with Crippen LogP contribution < -0.4 is 5.32 Å². The van der Waals surface area contributed by atoms with Gasteiger partial charge in [-0.15, -0.1) is 6.58 Å². The average molecular weight is 200 g/mol. The highest BCUT2D eigenvalue weighted by Gasteiger charge is 2.07. The largest absolute Gasteiger partial charge is 0.395 e. The van der Waals surface area contributed by atoms with E-state index in [2.05, 4.69) is 11.9 Å². The number of amides is 1. The Morgan fingerprint density at radius 1 is 1.57 bits per heavy atom. The summed E-state index contributed by atoms with van der Waals surface area (Å²) < 4.78 is 0. The summed E-state index contributed by atoms with van der Waals surface area (Å²) in [4.78, 5) is 13.2. The number of hydrogen-bond acceptors (Lipinski definition) is 3. The van der Waals surface area contributed by atoms with Crippen LogP contribution in [0, 0.1) is 0 Å². The van der Waals surface area contributed by atoms with Crippen LogP contribution in [0.1, 0.15) is 13.3 Å². The molecule has 4 nitrogen and oxygen atoms in total. The van der Waals surface area contributed by atoms with E-state index in [1.165, 1.54) is 0 Å². The van der Waals surface area contributed by atoms with E-state index < -0.39 is 0 Å². The Balaban J connectivity index is 3.76. The Kier molecular flexibility index (Phi) is 8.17. The van der Waals surface area contributed by atoms with Crippen molar-refractivity contribution in [3.05, 3.63) is 12.7 Å². The molecule has 0 aliphatic carbocycles. The maximum absolute atomic E-state index is 11.3. The van der Waals surface area contributed by atoms with Crippen LogP contribution in [-0.4, -0.2) is 48.7 Å². The van der Waals surface area contributed by atoms with E-state index in [0.29, 0.717) is 19.6 Å². The molecule has 2 N–H and O–H groups in total. The highest BCUT2D eigenvalue weighted by atomic mass is 16.3. The van der Waals surface area contributed by atoms with Crippen LogP contribution in [0.5, 0.6) is 0 Å². The normalized spacial score (nSPS) is 10.2.